The van der Waals surface area contributed by atoms with Gasteiger partial charge in [0.05, 0.1) is 17.7 Å². The molecule has 0 spiro atoms. The lowest BCUT2D eigenvalue weighted by atomic mass is 10.1. The van der Waals surface area contributed by atoms with E-state index in [9.17, 15) is 8.42 Å². The van der Waals surface area contributed by atoms with Crippen molar-refractivity contribution in [3.05, 3.63) is 65.2 Å². The lowest BCUT2D eigenvalue weighted by Crippen LogP contribution is -2.46. The molecule has 1 aliphatic heterocycles. The Morgan fingerprint density at radius 3 is 2.52 bits per heavy atom. The van der Waals surface area contributed by atoms with Crippen LogP contribution < -0.4 is 0 Å². The number of hydrogen-bond acceptors (Lipinski definition) is 3. The second-order valence-electron chi connectivity index (χ2n) is 5.48. The van der Waals surface area contributed by atoms with Crippen molar-refractivity contribution in [3.8, 4) is 0 Å². The summed E-state index contributed by atoms with van der Waals surface area (Å²) < 4.78 is 32.8. The number of rotatable bonds is 4. The molecule has 1 heterocycles. The number of morpholine rings is 1. The van der Waals surface area contributed by atoms with E-state index in [0.717, 1.165) is 5.56 Å². The molecule has 6 heteroatoms. The van der Waals surface area contributed by atoms with E-state index in [1.54, 1.807) is 24.3 Å². The fraction of sp³-hybridized carbons (Fsp3) is 0.294. The van der Waals surface area contributed by atoms with Gasteiger partial charge < -0.3 is 4.74 Å². The van der Waals surface area contributed by atoms with Crippen molar-refractivity contribution in [1.29, 1.82) is 0 Å². The minimum absolute atomic E-state index is 0.150. The van der Waals surface area contributed by atoms with E-state index in [-0.39, 0.29) is 16.0 Å². The van der Waals surface area contributed by atoms with Gasteiger partial charge in [-0.05, 0) is 24.1 Å². The summed E-state index contributed by atoms with van der Waals surface area (Å²) >= 11 is 6.06. The molecule has 0 aromatic heterocycles. The van der Waals surface area contributed by atoms with E-state index in [0.29, 0.717) is 26.1 Å². The second kappa shape index (κ2) is 7.01. The summed E-state index contributed by atoms with van der Waals surface area (Å²) in [5, 5.41) is 0.249. The third-order valence-corrected chi connectivity index (χ3v) is 6.23. The lowest BCUT2D eigenvalue weighted by Gasteiger charge is -2.32. The first-order valence-electron chi connectivity index (χ1n) is 7.47. The smallest absolute Gasteiger partial charge is 0.244 e. The molecular formula is C17H18ClNO3S. The Balaban J connectivity index is 1.77. The highest BCUT2D eigenvalue weighted by atomic mass is 35.5. The number of hydrogen-bond donors (Lipinski definition) is 0. The van der Waals surface area contributed by atoms with E-state index in [2.05, 4.69) is 0 Å². The zero-order valence-electron chi connectivity index (χ0n) is 12.6. The molecule has 1 atom stereocenters. The highest BCUT2D eigenvalue weighted by molar-refractivity contribution is 7.89. The SMILES string of the molecule is O=S(=O)(c1ccccc1Cl)N1CCO[C@H](Cc2ccccc2)C1. The van der Waals surface area contributed by atoms with Gasteiger partial charge in [0.25, 0.3) is 0 Å². The highest BCUT2D eigenvalue weighted by Crippen LogP contribution is 2.26. The van der Waals surface area contributed by atoms with Gasteiger partial charge in [-0.3, -0.25) is 0 Å². The first kappa shape index (κ1) is 16.5. The van der Waals surface area contributed by atoms with E-state index in [1.165, 1.54) is 4.31 Å². The van der Waals surface area contributed by atoms with Crippen molar-refractivity contribution in [2.75, 3.05) is 19.7 Å². The minimum Gasteiger partial charge on any atom is -0.375 e. The highest BCUT2D eigenvalue weighted by Gasteiger charge is 2.31. The fourth-order valence-corrected chi connectivity index (χ4v) is 4.65. The van der Waals surface area contributed by atoms with E-state index in [1.807, 2.05) is 30.3 Å². The van der Waals surface area contributed by atoms with Crippen LogP contribution in [0.15, 0.2) is 59.5 Å². The summed E-state index contributed by atoms with van der Waals surface area (Å²) in [6, 6.07) is 16.5. The third kappa shape index (κ3) is 3.75. The normalized spacial score (nSPS) is 19.6. The average molecular weight is 352 g/mol. The van der Waals surface area contributed by atoms with Crippen LogP contribution in [0.25, 0.3) is 0 Å². The van der Waals surface area contributed by atoms with Crippen molar-refractivity contribution in [3.63, 3.8) is 0 Å². The zero-order chi connectivity index (χ0) is 16.3. The van der Waals surface area contributed by atoms with Gasteiger partial charge in [0.15, 0.2) is 0 Å². The summed E-state index contributed by atoms with van der Waals surface area (Å²) in [4.78, 5) is 0.155. The van der Waals surface area contributed by atoms with E-state index >= 15 is 0 Å². The maximum absolute atomic E-state index is 12.8. The van der Waals surface area contributed by atoms with Gasteiger partial charge in [0.2, 0.25) is 10.0 Å². The molecule has 2 aromatic rings. The molecule has 122 valence electrons. The van der Waals surface area contributed by atoms with Crippen LogP contribution >= 0.6 is 11.6 Å². The maximum Gasteiger partial charge on any atom is 0.244 e. The zero-order valence-corrected chi connectivity index (χ0v) is 14.1. The monoisotopic (exact) mass is 351 g/mol. The maximum atomic E-state index is 12.8. The Hall–Kier alpha value is -1.40. The molecule has 0 aliphatic carbocycles. The van der Waals surface area contributed by atoms with Gasteiger partial charge in [-0.25, -0.2) is 8.42 Å². The van der Waals surface area contributed by atoms with Crippen LogP contribution in [0.5, 0.6) is 0 Å². The number of sulfonamides is 1. The molecule has 0 unspecified atom stereocenters. The van der Waals surface area contributed by atoms with Crippen molar-refractivity contribution < 1.29 is 13.2 Å². The van der Waals surface area contributed by atoms with Crippen LogP contribution in [0.2, 0.25) is 5.02 Å². The van der Waals surface area contributed by atoms with E-state index in [4.69, 9.17) is 16.3 Å². The molecule has 4 nitrogen and oxygen atoms in total. The molecular weight excluding hydrogens is 334 g/mol. The Morgan fingerprint density at radius 2 is 1.78 bits per heavy atom. The van der Waals surface area contributed by atoms with Crippen LogP contribution in [-0.4, -0.2) is 38.5 Å². The van der Waals surface area contributed by atoms with Crippen LogP contribution in [0.3, 0.4) is 0 Å². The van der Waals surface area contributed by atoms with Gasteiger partial charge >= 0.3 is 0 Å². The van der Waals surface area contributed by atoms with Gasteiger partial charge in [0, 0.05) is 13.1 Å². The number of benzene rings is 2. The van der Waals surface area contributed by atoms with Gasteiger partial charge in [-0.1, -0.05) is 54.1 Å². The summed E-state index contributed by atoms with van der Waals surface area (Å²) in [6.07, 6.45) is 0.540. The molecule has 2 aromatic carbocycles. The Kier molecular flexibility index (Phi) is 5.02. The lowest BCUT2D eigenvalue weighted by molar-refractivity contribution is -0.000493. The Morgan fingerprint density at radius 1 is 1.09 bits per heavy atom. The first-order chi connectivity index (χ1) is 11.1. The molecule has 1 fully saturated rings. The molecule has 1 aliphatic rings. The molecule has 23 heavy (non-hydrogen) atoms. The topological polar surface area (TPSA) is 46.6 Å². The summed E-state index contributed by atoms with van der Waals surface area (Å²) in [5.41, 5.74) is 1.13. The average Bonchev–Trinajstić information content (AvgIpc) is 2.56. The molecule has 0 radical (unpaired) electrons. The Bertz CT molecular complexity index is 764. The molecule has 1 saturated heterocycles. The van der Waals surface area contributed by atoms with Crippen LogP contribution in [0.4, 0.5) is 0 Å². The van der Waals surface area contributed by atoms with Crippen molar-refractivity contribution >= 4 is 21.6 Å². The predicted octanol–water partition coefficient (Wildman–Crippen LogP) is 2.97. The van der Waals surface area contributed by atoms with Crippen LogP contribution in [0.1, 0.15) is 5.56 Å². The molecule has 0 amide bonds. The van der Waals surface area contributed by atoms with Crippen molar-refractivity contribution in [2.45, 2.75) is 17.4 Å². The van der Waals surface area contributed by atoms with Gasteiger partial charge in [-0.2, -0.15) is 4.31 Å². The first-order valence-corrected chi connectivity index (χ1v) is 9.29. The minimum atomic E-state index is -3.60. The van der Waals surface area contributed by atoms with Gasteiger partial charge in [0.1, 0.15) is 4.90 Å². The van der Waals surface area contributed by atoms with Crippen LogP contribution in [0, 0.1) is 0 Å². The van der Waals surface area contributed by atoms with E-state index < -0.39 is 10.0 Å². The molecule has 0 saturated carbocycles. The third-order valence-electron chi connectivity index (χ3n) is 3.86. The van der Waals surface area contributed by atoms with Gasteiger partial charge in [-0.15, -0.1) is 0 Å². The van der Waals surface area contributed by atoms with Crippen molar-refractivity contribution in [1.82, 2.24) is 4.31 Å². The van der Waals surface area contributed by atoms with Crippen LogP contribution in [-0.2, 0) is 21.2 Å². The second-order valence-corrected chi connectivity index (χ2v) is 7.79. The number of halogens is 1. The molecule has 3 rings (SSSR count). The standard InChI is InChI=1S/C17H18ClNO3S/c18-16-8-4-5-9-17(16)23(20,21)19-10-11-22-15(13-19)12-14-6-2-1-3-7-14/h1-9,15H,10-13H2/t15-/m1/s1. The summed E-state index contributed by atoms with van der Waals surface area (Å²) in [6.45, 7) is 1.07. The number of nitrogens with zero attached hydrogens (tertiary/aromatic N) is 1. The summed E-state index contributed by atoms with van der Waals surface area (Å²) in [5.74, 6) is 0. The number of ether oxygens (including phenoxy) is 1. The summed E-state index contributed by atoms with van der Waals surface area (Å²) in [7, 11) is -3.60. The fourth-order valence-electron chi connectivity index (χ4n) is 2.70. The Labute approximate surface area is 141 Å². The van der Waals surface area contributed by atoms with Crippen molar-refractivity contribution in [2.24, 2.45) is 0 Å². The molecule has 0 N–H and O–H groups in total. The quantitative estimate of drug-likeness (QED) is 0.850. The molecule has 0 bridgehead atoms. The largest absolute Gasteiger partial charge is 0.375 e. The predicted molar refractivity (Wildman–Crippen MR) is 90.1 cm³/mol.